The van der Waals surface area contributed by atoms with Gasteiger partial charge in [0.25, 0.3) is 0 Å². The first-order valence-corrected chi connectivity index (χ1v) is 11.8. The summed E-state index contributed by atoms with van der Waals surface area (Å²) in [6.45, 7) is 1.32. The molecule has 3 aromatic rings. The van der Waals surface area contributed by atoms with Gasteiger partial charge in [-0.05, 0) is 25.1 Å². The first-order valence-electron chi connectivity index (χ1n) is 10.2. The Morgan fingerprint density at radius 2 is 1.69 bits per heavy atom. The number of hydrogen-bond donors (Lipinski definition) is 3. The number of anilines is 5. The molecule has 184 valence electrons. The normalized spacial score (nSPS) is 16.0. The molecule has 1 aliphatic rings. The number of carbonyl (C=O) groups is 1. The quantitative estimate of drug-likeness (QED) is 0.440. The number of fused-ring (bicyclic) bond motifs is 1. The summed E-state index contributed by atoms with van der Waals surface area (Å²) < 4.78 is 55.4. The Morgan fingerprint density at radius 3 is 2.31 bits per heavy atom. The van der Waals surface area contributed by atoms with Gasteiger partial charge in [0.05, 0.1) is 38.1 Å². The number of nitrogens with one attached hydrogen (secondary N) is 3. The van der Waals surface area contributed by atoms with Crippen LogP contribution in [0, 0.1) is 5.82 Å². The summed E-state index contributed by atoms with van der Waals surface area (Å²) in [4.78, 5) is 20.1. The summed E-state index contributed by atoms with van der Waals surface area (Å²) in [5, 5.41) is 7.09. The van der Waals surface area contributed by atoms with E-state index in [-0.39, 0.29) is 22.3 Å². The van der Waals surface area contributed by atoms with E-state index in [1.54, 1.807) is 12.1 Å². The lowest BCUT2D eigenvalue weighted by molar-refractivity contribution is -0.115. The van der Waals surface area contributed by atoms with E-state index in [2.05, 4.69) is 25.9 Å². The number of hydrogen-bond acceptors (Lipinski definition) is 10. The van der Waals surface area contributed by atoms with E-state index >= 15 is 0 Å². The van der Waals surface area contributed by atoms with Crippen molar-refractivity contribution in [2.24, 2.45) is 0 Å². The molecule has 0 spiro atoms. The standard InChI is InChI=1S/C22H22FN5O6S/c1-11-21(29)27-15-7-12(5-6-18(15)35(11,30)31)25-20-14(23)10-24-22(28-20)26-13-8-16(32-2)19(34-4)17(9-13)33-3/h5-11H,1-4H3,(H,27,29)(H2,24,25,26,28). The largest absolute Gasteiger partial charge is 0.493 e. The number of nitrogens with zero attached hydrogens (tertiary/aromatic N) is 2. The maximum absolute atomic E-state index is 14.5. The van der Waals surface area contributed by atoms with Crippen molar-refractivity contribution in [2.75, 3.05) is 37.3 Å². The van der Waals surface area contributed by atoms with Crippen molar-refractivity contribution in [1.82, 2.24) is 9.97 Å². The lowest BCUT2D eigenvalue weighted by Gasteiger charge is -2.23. The molecule has 13 heteroatoms. The van der Waals surface area contributed by atoms with Crippen molar-refractivity contribution in [3.05, 3.63) is 42.3 Å². The Hall–Kier alpha value is -4.13. The highest BCUT2D eigenvalue weighted by atomic mass is 32.2. The lowest BCUT2D eigenvalue weighted by Crippen LogP contribution is -2.37. The third-order valence-corrected chi connectivity index (χ3v) is 7.42. The topological polar surface area (TPSA) is 141 Å². The van der Waals surface area contributed by atoms with Gasteiger partial charge in [0.2, 0.25) is 17.6 Å². The Morgan fingerprint density at radius 1 is 1.00 bits per heavy atom. The van der Waals surface area contributed by atoms with Crippen LogP contribution in [0.2, 0.25) is 0 Å². The van der Waals surface area contributed by atoms with Gasteiger partial charge in [-0.3, -0.25) is 4.79 Å². The van der Waals surface area contributed by atoms with Gasteiger partial charge in [-0.2, -0.15) is 4.98 Å². The van der Waals surface area contributed by atoms with Gasteiger partial charge < -0.3 is 30.2 Å². The van der Waals surface area contributed by atoms with E-state index in [9.17, 15) is 17.6 Å². The molecule has 1 atom stereocenters. The fourth-order valence-corrected chi connectivity index (χ4v) is 4.85. The molecule has 2 heterocycles. The molecule has 1 unspecified atom stereocenters. The number of amides is 1. The molecular formula is C22H22FN5O6S. The van der Waals surface area contributed by atoms with E-state index in [1.807, 2.05) is 0 Å². The van der Waals surface area contributed by atoms with Crippen LogP contribution in [0.25, 0.3) is 0 Å². The van der Waals surface area contributed by atoms with Gasteiger partial charge in [0.15, 0.2) is 33.0 Å². The molecule has 0 radical (unpaired) electrons. The van der Waals surface area contributed by atoms with Crippen molar-refractivity contribution >= 4 is 44.6 Å². The zero-order valence-electron chi connectivity index (χ0n) is 19.2. The van der Waals surface area contributed by atoms with Gasteiger partial charge in [0, 0.05) is 23.5 Å². The molecule has 0 saturated carbocycles. The number of carbonyl (C=O) groups excluding carboxylic acids is 1. The van der Waals surface area contributed by atoms with Gasteiger partial charge in [-0.25, -0.2) is 17.8 Å². The van der Waals surface area contributed by atoms with Gasteiger partial charge in [0.1, 0.15) is 5.25 Å². The number of halogens is 1. The van der Waals surface area contributed by atoms with E-state index in [1.165, 1.54) is 46.5 Å². The maximum atomic E-state index is 14.5. The number of sulfone groups is 1. The third-order valence-electron chi connectivity index (χ3n) is 5.31. The van der Waals surface area contributed by atoms with Crippen LogP contribution in [0.4, 0.5) is 33.2 Å². The van der Waals surface area contributed by atoms with Gasteiger partial charge in [-0.1, -0.05) is 0 Å². The van der Waals surface area contributed by atoms with E-state index in [0.29, 0.717) is 28.6 Å². The van der Waals surface area contributed by atoms with Crippen LogP contribution >= 0.6 is 0 Å². The maximum Gasteiger partial charge on any atom is 0.242 e. The Bertz CT molecular complexity index is 1390. The van der Waals surface area contributed by atoms with Crippen LogP contribution < -0.4 is 30.2 Å². The molecule has 2 aromatic carbocycles. The van der Waals surface area contributed by atoms with Crippen LogP contribution in [-0.2, 0) is 14.6 Å². The fourth-order valence-electron chi connectivity index (χ4n) is 3.45. The second kappa shape index (κ2) is 9.25. The van der Waals surface area contributed by atoms with Crippen LogP contribution in [0.5, 0.6) is 17.2 Å². The highest BCUT2D eigenvalue weighted by Gasteiger charge is 2.36. The van der Waals surface area contributed by atoms with E-state index in [0.717, 1.165) is 6.20 Å². The minimum Gasteiger partial charge on any atom is -0.493 e. The molecule has 0 fully saturated rings. The van der Waals surface area contributed by atoms with Crippen LogP contribution in [0.3, 0.4) is 0 Å². The summed E-state index contributed by atoms with van der Waals surface area (Å²) in [6.07, 6.45) is 0.974. The lowest BCUT2D eigenvalue weighted by atomic mass is 10.2. The predicted octanol–water partition coefficient (Wildman–Crippen LogP) is 3.24. The van der Waals surface area contributed by atoms with Gasteiger partial charge >= 0.3 is 0 Å². The fraction of sp³-hybridized carbons (Fsp3) is 0.227. The smallest absolute Gasteiger partial charge is 0.242 e. The van der Waals surface area contributed by atoms with Crippen molar-refractivity contribution in [3.8, 4) is 17.2 Å². The minimum absolute atomic E-state index is 0.0111. The summed E-state index contributed by atoms with van der Waals surface area (Å²) in [6, 6.07) is 7.46. The minimum atomic E-state index is -3.80. The average molecular weight is 504 g/mol. The first-order chi connectivity index (χ1) is 16.7. The van der Waals surface area contributed by atoms with Crippen molar-refractivity contribution in [1.29, 1.82) is 0 Å². The highest BCUT2D eigenvalue weighted by molar-refractivity contribution is 7.93. The molecule has 0 saturated heterocycles. The molecule has 1 amide bonds. The van der Waals surface area contributed by atoms with Crippen LogP contribution in [0.15, 0.2) is 41.4 Å². The molecule has 1 aliphatic heterocycles. The van der Waals surface area contributed by atoms with E-state index < -0.39 is 26.8 Å². The molecule has 35 heavy (non-hydrogen) atoms. The van der Waals surface area contributed by atoms with Crippen molar-refractivity contribution in [3.63, 3.8) is 0 Å². The Kier molecular flexibility index (Phi) is 6.35. The number of benzene rings is 2. The summed E-state index contributed by atoms with van der Waals surface area (Å²) >= 11 is 0. The molecule has 3 N–H and O–H groups in total. The van der Waals surface area contributed by atoms with Crippen LogP contribution in [0.1, 0.15) is 6.92 Å². The van der Waals surface area contributed by atoms with E-state index in [4.69, 9.17) is 14.2 Å². The first kappa shape index (κ1) is 24.0. The van der Waals surface area contributed by atoms with Crippen molar-refractivity contribution in [2.45, 2.75) is 17.1 Å². The molecule has 0 bridgehead atoms. The third kappa shape index (κ3) is 4.49. The molecular weight excluding hydrogens is 481 g/mol. The second-order valence-electron chi connectivity index (χ2n) is 7.44. The second-order valence-corrected chi connectivity index (χ2v) is 9.68. The Balaban J connectivity index is 1.62. The summed E-state index contributed by atoms with van der Waals surface area (Å²) in [7, 11) is 0.631. The monoisotopic (exact) mass is 503 g/mol. The number of aromatic nitrogens is 2. The summed E-state index contributed by atoms with van der Waals surface area (Å²) in [5.74, 6) is -0.300. The van der Waals surface area contributed by atoms with Gasteiger partial charge in [-0.15, -0.1) is 0 Å². The number of methoxy groups -OCH3 is 3. The molecule has 4 rings (SSSR count). The predicted molar refractivity (Wildman–Crippen MR) is 126 cm³/mol. The average Bonchev–Trinajstić information content (AvgIpc) is 2.84. The zero-order chi connectivity index (χ0) is 25.3. The summed E-state index contributed by atoms with van der Waals surface area (Å²) in [5.41, 5.74) is 0.904. The SMILES string of the molecule is COc1cc(Nc2ncc(F)c(Nc3ccc4c(c3)NC(=O)C(C)S4(=O)=O)n2)cc(OC)c1OC. The molecule has 11 nitrogen and oxygen atoms in total. The molecule has 0 aliphatic carbocycles. The van der Waals surface area contributed by atoms with Crippen LogP contribution in [-0.4, -0.2) is 50.9 Å². The zero-order valence-corrected chi connectivity index (χ0v) is 20.0. The highest BCUT2D eigenvalue weighted by Crippen LogP contribution is 2.40. The molecule has 1 aromatic heterocycles. The van der Waals surface area contributed by atoms with Crippen molar-refractivity contribution < 1.29 is 31.8 Å². The Labute approximate surface area is 200 Å². The number of rotatable bonds is 7. The number of ether oxygens (including phenoxy) is 3.